The van der Waals surface area contributed by atoms with Crippen LogP contribution in [0.15, 0.2) is 328 Å². The second kappa shape index (κ2) is 20.7. The molecule has 0 N–H and O–H groups in total. The highest BCUT2D eigenvalue weighted by molar-refractivity contribution is 6.13. The van der Waals surface area contributed by atoms with Crippen LogP contribution in [0, 0.1) is 0 Å². The molecule has 0 saturated carbocycles. The van der Waals surface area contributed by atoms with Gasteiger partial charge in [0.15, 0.2) is 0 Å². The molecule has 0 fully saturated rings. The lowest BCUT2D eigenvalue weighted by Crippen LogP contribution is -2.13. The van der Waals surface area contributed by atoms with Gasteiger partial charge in [0.25, 0.3) is 0 Å². The highest BCUT2D eigenvalue weighted by Gasteiger charge is 2.21. The van der Waals surface area contributed by atoms with Crippen LogP contribution in [-0.4, -0.2) is 9.13 Å². The van der Waals surface area contributed by atoms with Crippen LogP contribution in [0.3, 0.4) is 0 Å². The summed E-state index contributed by atoms with van der Waals surface area (Å²) in [6.07, 6.45) is 0. The van der Waals surface area contributed by atoms with Crippen LogP contribution in [0.25, 0.3) is 99.5 Å². The second-order valence-electron chi connectivity index (χ2n) is 21.0. The normalized spacial score (nSPS) is 11.4. The number of nitrogens with zero attached hydrogens (tertiary/aromatic N) is 4. The van der Waals surface area contributed by atoms with E-state index in [2.05, 4.69) is 347 Å². The van der Waals surface area contributed by atoms with Gasteiger partial charge < -0.3 is 18.9 Å². The van der Waals surface area contributed by atoms with E-state index in [1.165, 1.54) is 88.1 Å². The molecule has 0 spiro atoms. The fourth-order valence-corrected chi connectivity index (χ4v) is 12.2. The van der Waals surface area contributed by atoms with Crippen LogP contribution in [0.4, 0.5) is 34.1 Å². The minimum Gasteiger partial charge on any atom is -0.310 e. The van der Waals surface area contributed by atoms with Crippen molar-refractivity contribution in [3.8, 4) is 55.9 Å². The summed E-state index contributed by atoms with van der Waals surface area (Å²) in [6.45, 7) is 0. The molecule has 0 unspecified atom stereocenters. The molecule has 0 amide bonds. The number of rotatable bonds is 12. The first-order valence-corrected chi connectivity index (χ1v) is 28.1. The van der Waals surface area contributed by atoms with E-state index >= 15 is 0 Å². The molecule has 0 bridgehead atoms. The number of aromatic nitrogens is 2. The lowest BCUT2D eigenvalue weighted by Gasteiger charge is -2.29. The van der Waals surface area contributed by atoms with Gasteiger partial charge in [0.2, 0.25) is 0 Å². The van der Waals surface area contributed by atoms with E-state index in [0.717, 1.165) is 45.5 Å². The molecule has 2 aromatic heterocycles. The SMILES string of the molecule is c1ccc(-c2ccc3c(c2)c2cc(-c4ccccc4)ccc2n3-c2ccc(N(c3ccccc3)c3cccc(N(c4ccccc4)c4ccc(-n5c6ccc(-c7ccccc7)cc6c6cc(-c7ccccc7)ccc65)cc4)c3)cc2)cc1. The Balaban J connectivity index is 0.812. The monoisotopic (exact) mass is 1050 g/mol. The van der Waals surface area contributed by atoms with Gasteiger partial charge in [0.05, 0.1) is 22.1 Å². The summed E-state index contributed by atoms with van der Waals surface area (Å²) >= 11 is 0. The lowest BCUT2D eigenvalue weighted by molar-refractivity contribution is 1.17. The molecule has 13 aromatic carbocycles. The Morgan fingerprint density at radius 3 is 0.695 bits per heavy atom. The fourth-order valence-electron chi connectivity index (χ4n) is 12.2. The lowest BCUT2D eigenvalue weighted by atomic mass is 10.0. The van der Waals surface area contributed by atoms with Gasteiger partial charge in [-0.25, -0.2) is 0 Å². The Morgan fingerprint density at radius 2 is 0.415 bits per heavy atom. The van der Waals surface area contributed by atoms with Gasteiger partial charge >= 0.3 is 0 Å². The van der Waals surface area contributed by atoms with E-state index in [4.69, 9.17) is 0 Å². The van der Waals surface area contributed by atoms with Crippen molar-refractivity contribution in [3.63, 3.8) is 0 Å². The predicted octanol–water partition coefficient (Wildman–Crippen LogP) is 21.5. The van der Waals surface area contributed by atoms with Gasteiger partial charge in [-0.05, 0) is 184 Å². The molecule has 2 heterocycles. The summed E-state index contributed by atoms with van der Waals surface area (Å²) in [7, 11) is 0. The van der Waals surface area contributed by atoms with E-state index < -0.39 is 0 Å². The molecule has 0 aliphatic rings. The van der Waals surface area contributed by atoms with Crippen LogP contribution >= 0.6 is 0 Å². The maximum Gasteiger partial charge on any atom is 0.0541 e. The van der Waals surface area contributed by atoms with Crippen molar-refractivity contribution in [2.75, 3.05) is 9.80 Å². The average Bonchev–Trinajstić information content (AvgIpc) is 3.29. The molecule has 0 saturated heterocycles. The van der Waals surface area contributed by atoms with Gasteiger partial charge in [-0.1, -0.05) is 188 Å². The highest BCUT2D eigenvalue weighted by Crippen LogP contribution is 2.44. The third kappa shape index (κ3) is 8.76. The van der Waals surface area contributed by atoms with Crippen molar-refractivity contribution in [3.05, 3.63) is 328 Å². The number of hydrogen-bond acceptors (Lipinski definition) is 2. The maximum absolute atomic E-state index is 2.42. The molecule has 386 valence electrons. The van der Waals surface area contributed by atoms with Crippen molar-refractivity contribution in [2.45, 2.75) is 0 Å². The fraction of sp³-hybridized carbons (Fsp3) is 0. The first-order valence-electron chi connectivity index (χ1n) is 28.1. The molecule has 4 heteroatoms. The molecule has 0 atom stereocenters. The maximum atomic E-state index is 2.42. The van der Waals surface area contributed by atoms with Crippen molar-refractivity contribution in [1.82, 2.24) is 9.13 Å². The van der Waals surface area contributed by atoms with Crippen LogP contribution < -0.4 is 9.80 Å². The third-order valence-corrected chi connectivity index (χ3v) is 16.1. The zero-order chi connectivity index (χ0) is 54.3. The topological polar surface area (TPSA) is 16.3 Å². The molecule has 15 aromatic rings. The van der Waals surface area contributed by atoms with Crippen LogP contribution in [0.5, 0.6) is 0 Å². The Morgan fingerprint density at radius 1 is 0.171 bits per heavy atom. The molecule has 4 nitrogen and oxygen atoms in total. The third-order valence-electron chi connectivity index (χ3n) is 16.1. The molecule has 0 aliphatic carbocycles. The van der Waals surface area contributed by atoms with E-state index in [0.29, 0.717) is 0 Å². The van der Waals surface area contributed by atoms with Crippen molar-refractivity contribution in [2.24, 2.45) is 0 Å². The van der Waals surface area contributed by atoms with Gasteiger partial charge in [-0.3, -0.25) is 0 Å². The molecular formula is C78H54N4. The van der Waals surface area contributed by atoms with Gasteiger partial charge in [-0.15, -0.1) is 0 Å². The van der Waals surface area contributed by atoms with E-state index in [1.54, 1.807) is 0 Å². The highest BCUT2D eigenvalue weighted by atomic mass is 15.2. The van der Waals surface area contributed by atoms with Crippen LogP contribution in [0.1, 0.15) is 0 Å². The van der Waals surface area contributed by atoms with Crippen molar-refractivity contribution >= 4 is 77.7 Å². The van der Waals surface area contributed by atoms with Crippen molar-refractivity contribution in [1.29, 1.82) is 0 Å². The second-order valence-corrected chi connectivity index (χ2v) is 21.0. The molecule has 0 radical (unpaired) electrons. The summed E-state index contributed by atoms with van der Waals surface area (Å²) in [4.78, 5) is 4.72. The predicted molar refractivity (Wildman–Crippen MR) is 346 cm³/mol. The standard InChI is InChI=1S/C78H54N4/c1-7-20-55(21-8-1)59-34-46-75-71(50-59)72-51-60(56-22-9-2-10-23-56)35-47-76(72)81(75)67-42-38-65(39-43-67)79(63-28-15-5-16-29-63)69-32-19-33-70(54-69)80(64-30-17-6-18-31-64)66-40-44-68(45-41-66)82-77-48-36-61(57-24-11-3-12-25-57)52-73(77)74-53-62(37-49-78(74)82)58-26-13-4-14-27-58/h1-54H. The Kier molecular flexibility index (Phi) is 12.2. The smallest absolute Gasteiger partial charge is 0.0541 e. The molecule has 82 heavy (non-hydrogen) atoms. The largest absolute Gasteiger partial charge is 0.310 e. The Bertz CT molecular complexity index is 4250. The van der Waals surface area contributed by atoms with E-state index in [-0.39, 0.29) is 0 Å². The average molecular weight is 1050 g/mol. The molecular weight excluding hydrogens is 993 g/mol. The summed E-state index contributed by atoms with van der Waals surface area (Å²) < 4.78 is 4.83. The number of fused-ring (bicyclic) bond motifs is 6. The summed E-state index contributed by atoms with van der Waals surface area (Å²) in [6, 6.07) is 119. The Hall–Kier alpha value is -10.9. The minimum atomic E-state index is 1.04. The number of benzene rings is 13. The molecule has 0 aliphatic heterocycles. The zero-order valence-electron chi connectivity index (χ0n) is 45.0. The quantitative estimate of drug-likeness (QED) is 0.121. The first-order chi connectivity index (χ1) is 40.7. The first kappa shape index (κ1) is 48.2. The summed E-state index contributed by atoms with van der Waals surface area (Å²) in [5.41, 5.74) is 22.8. The number of anilines is 6. The van der Waals surface area contributed by atoms with E-state index in [9.17, 15) is 0 Å². The minimum absolute atomic E-state index is 1.04. The zero-order valence-corrected chi connectivity index (χ0v) is 45.0. The number of hydrogen-bond donors (Lipinski definition) is 0. The van der Waals surface area contributed by atoms with Crippen molar-refractivity contribution < 1.29 is 0 Å². The van der Waals surface area contributed by atoms with Gasteiger partial charge in [0, 0.05) is 67.0 Å². The van der Waals surface area contributed by atoms with Crippen LogP contribution in [0.2, 0.25) is 0 Å². The van der Waals surface area contributed by atoms with Gasteiger partial charge in [0.1, 0.15) is 0 Å². The van der Waals surface area contributed by atoms with E-state index in [1.807, 2.05) is 0 Å². The summed E-state index contributed by atoms with van der Waals surface area (Å²) in [5, 5.41) is 4.89. The van der Waals surface area contributed by atoms with Gasteiger partial charge in [-0.2, -0.15) is 0 Å². The van der Waals surface area contributed by atoms with Crippen LogP contribution in [-0.2, 0) is 0 Å². The summed E-state index contributed by atoms with van der Waals surface area (Å²) in [5.74, 6) is 0. The molecule has 15 rings (SSSR count). The number of para-hydroxylation sites is 2. The Labute approximate surface area is 477 Å².